The number of carbonyl (C=O) groups is 1. The first-order valence-corrected chi connectivity index (χ1v) is 7.05. The first-order valence-electron chi connectivity index (χ1n) is 6.30. The second-order valence-corrected chi connectivity index (χ2v) is 5.21. The van der Waals surface area contributed by atoms with Gasteiger partial charge < -0.3 is 9.84 Å². The van der Waals surface area contributed by atoms with Crippen molar-refractivity contribution in [3.8, 4) is 5.75 Å². The van der Waals surface area contributed by atoms with E-state index in [1.54, 1.807) is 11.7 Å². The van der Waals surface area contributed by atoms with E-state index < -0.39 is 5.97 Å². The number of carboxylic acid groups (broad SMARTS) is 1. The molecule has 2 aromatic rings. The van der Waals surface area contributed by atoms with Crippen molar-refractivity contribution < 1.29 is 14.6 Å². The average Bonchev–Trinajstić information content (AvgIpc) is 2.72. The Morgan fingerprint density at radius 1 is 1.43 bits per heavy atom. The number of benzene rings is 1. The molecule has 0 atom stereocenters. The summed E-state index contributed by atoms with van der Waals surface area (Å²) in [7, 11) is 1.79. The standard InChI is InChI=1S/C14H14Cl2N2O3/c1-3-10-13(16)11(18(2)17-10)7-21-12-5-4-8(14(19)20)6-9(12)15/h4-6H,3,7H2,1-2H3,(H,19,20). The Kier molecular flexibility index (Phi) is 4.75. The van der Waals surface area contributed by atoms with Gasteiger partial charge in [0, 0.05) is 7.05 Å². The number of aromatic nitrogens is 2. The molecule has 0 amide bonds. The van der Waals surface area contributed by atoms with Crippen LogP contribution in [0.2, 0.25) is 10.0 Å². The summed E-state index contributed by atoms with van der Waals surface area (Å²) < 4.78 is 7.27. The molecule has 0 spiro atoms. The third kappa shape index (κ3) is 3.31. The highest BCUT2D eigenvalue weighted by Crippen LogP contribution is 2.28. The topological polar surface area (TPSA) is 64.4 Å². The molecular weight excluding hydrogens is 315 g/mol. The number of carboxylic acids is 1. The summed E-state index contributed by atoms with van der Waals surface area (Å²) in [5.41, 5.74) is 1.66. The van der Waals surface area contributed by atoms with Gasteiger partial charge in [0.2, 0.25) is 0 Å². The average molecular weight is 329 g/mol. The predicted octanol–water partition coefficient (Wildman–Crippen LogP) is 3.57. The van der Waals surface area contributed by atoms with Gasteiger partial charge in [0.05, 0.1) is 27.0 Å². The van der Waals surface area contributed by atoms with Crippen molar-refractivity contribution >= 4 is 29.2 Å². The second-order valence-electron chi connectivity index (χ2n) is 4.42. The van der Waals surface area contributed by atoms with Crippen LogP contribution in [0.3, 0.4) is 0 Å². The third-order valence-corrected chi connectivity index (χ3v) is 3.78. The number of aromatic carboxylic acids is 1. The summed E-state index contributed by atoms with van der Waals surface area (Å²) in [6, 6.07) is 4.31. The number of nitrogens with zero attached hydrogens (tertiary/aromatic N) is 2. The number of ether oxygens (including phenoxy) is 1. The Bertz CT molecular complexity index is 683. The summed E-state index contributed by atoms with van der Waals surface area (Å²) in [6.07, 6.45) is 0.737. The van der Waals surface area contributed by atoms with Gasteiger partial charge in [-0.2, -0.15) is 5.10 Å². The number of aryl methyl sites for hydroxylation is 2. The van der Waals surface area contributed by atoms with Gasteiger partial charge in [-0.15, -0.1) is 0 Å². The third-order valence-electron chi connectivity index (χ3n) is 3.05. The molecule has 0 bridgehead atoms. The monoisotopic (exact) mass is 328 g/mol. The fourth-order valence-electron chi connectivity index (χ4n) is 1.87. The maximum absolute atomic E-state index is 10.8. The van der Waals surface area contributed by atoms with Crippen LogP contribution in [0.1, 0.15) is 28.7 Å². The number of rotatable bonds is 5. The van der Waals surface area contributed by atoms with Crippen molar-refractivity contribution in [3.05, 3.63) is 45.2 Å². The normalized spacial score (nSPS) is 10.7. The fraction of sp³-hybridized carbons (Fsp3) is 0.286. The lowest BCUT2D eigenvalue weighted by Gasteiger charge is -2.09. The second kappa shape index (κ2) is 6.37. The van der Waals surface area contributed by atoms with Crippen LogP contribution in [0.5, 0.6) is 5.75 Å². The first-order chi connectivity index (χ1) is 9.93. The lowest BCUT2D eigenvalue weighted by Crippen LogP contribution is -2.04. The molecule has 21 heavy (non-hydrogen) atoms. The van der Waals surface area contributed by atoms with Crippen LogP contribution in [0, 0.1) is 0 Å². The molecule has 112 valence electrons. The van der Waals surface area contributed by atoms with Crippen molar-refractivity contribution in [1.29, 1.82) is 0 Å². The lowest BCUT2D eigenvalue weighted by molar-refractivity contribution is 0.0697. The molecule has 0 saturated heterocycles. The van der Waals surface area contributed by atoms with Gasteiger partial charge in [-0.3, -0.25) is 4.68 Å². The summed E-state index contributed by atoms with van der Waals surface area (Å²) in [5.74, 6) is -0.636. The summed E-state index contributed by atoms with van der Waals surface area (Å²) in [5, 5.41) is 14.0. The van der Waals surface area contributed by atoms with Crippen LogP contribution in [-0.4, -0.2) is 20.9 Å². The van der Waals surface area contributed by atoms with Gasteiger partial charge in [-0.25, -0.2) is 4.79 Å². The van der Waals surface area contributed by atoms with Gasteiger partial charge >= 0.3 is 5.97 Å². The van der Waals surface area contributed by atoms with Gasteiger partial charge in [0.1, 0.15) is 12.4 Å². The van der Waals surface area contributed by atoms with Crippen LogP contribution < -0.4 is 4.74 Å². The Balaban J connectivity index is 2.17. The fourth-order valence-corrected chi connectivity index (χ4v) is 2.46. The number of hydrogen-bond acceptors (Lipinski definition) is 3. The Labute approximate surface area is 132 Å². The highest BCUT2D eigenvalue weighted by atomic mass is 35.5. The van der Waals surface area contributed by atoms with E-state index in [9.17, 15) is 4.79 Å². The summed E-state index contributed by atoms with van der Waals surface area (Å²) in [6.45, 7) is 2.18. The van der Waals surface area contributed by atoms with Gasteiger partial charge in [-0.1, -0.05) is 30.1 Å². The van der Waals surface area contributed by atoms with E-state index in [4.69, 9.17) is 33.0 Å². The van der Waals surface area contributed by atoms with Gasteiger partial charge in [0.25, 0.3) is 0 Å². The molecule has 0 fully saturated rings. The van der Waals surface area contributed by atoms with E-state index in [2.05, 4.69) is 5.10 Å². The summed E-state index contributed by atoms with van der Waals surface area (Å²) in [4.78, 5) is 10.8. The number of hydrogen-bond donors (Lipinski definition) is 1. The largest absolute Gasteiger partial charge is 0.486 e. The molecule has 2 rings (SSSR count). The summed E-state index contributed by atoms with van der Waals surface area (Å²) >= 11 is 12.2. The zero-order valence-electron chi connectivity index (χ0n) is 11.6. The maximum Gasteiger partial charge on any atom is 0.335 e. The molecule has 0 radical (unpaired) electrons. The molecule has 0 unspecified atom stereocenters. The van der Waals surface area contributed by atoms with Crippen LogP contribution >= 0.6 is 23.2 Å². The highest BCUT2D eigenvalue weighted by molar-refractivity contribution is 6.32. The molecule has 1 aromatic heterocycles. The van der Waals surface area contributed by atoms with E-state index in [1.165, 1.54) is 18.2 Å². The van der Waals surface area contributed by atoms with Crippen molar-refractivity contribution in [2.24, 2.45) is 7.05 Å². The molecule has 0 saturated carbocycles. The van der Waals surface area contributed by atoms with E-state index in [-0.39, 0.29) is 17.2 Å². The minimum atomic E-state index is -1.04. The smallest absolute Gasteiger partial charge is 0.335 e. The molecule has 7 heteroatoms. The minimum Gasteiger partial charge on any atom is -0.486 e. The number of halogens is 2. The Hall–Kier alpha value is -1.72. The molecular formula is C14H14Cl2N2O3. The quantitative estimate of drug-likeness (QED) is 0.911. The van der Waals surface area contributed by atoms with Crippen molar-refractivity contribution in [3.63, 3.8) is 0 Å². The Morgan fingerprint density at radius 3 is 2.67 bits per heavy atom. The molecule has 0 aliphatic heterocycles. The van der Waals surface area contributed by atoms with Crippen molar-refractivity contribution in [2.75, 3.05) is 0 Å². The van der Waals surface area contributed by atoms with Gasteiger partial charge in [0.15, 0.2) is 0 Å². The van der Waals surface area contributed by atoms with E-state index >= 15 is 0 Å². The van der Waals surface area contributed by atoms with E-state index in [0.717, 1.165) is 17.8 Å². The minimum absolute atomic E-state index is 0.110. The lowest BCUT2D eigenvalue weighted by atomic mass is 10.2. The van der Waals surface area contributed by atoms with Crippen molar-refractivity contribution in [1.82, 2.24) is 9.78 Å². The zero-order valence-corrected chi connectivity index (χ0v) is 13.1. The van der Waals surface area contributed by atoms with Crippen LogP contribution in [0.15, 0.2) is 18.2 Å². The molecule has 1 aromatic carbocycles. The molecule has 0 aliphatic carbocycles. The van der Waals surface area contributed by atoms with E-state index in [0.29, 0.717) is 10.8 Å². The molecule has 1 N–H and O–H groups in total. The van der Waals surface area contributed by atoms with Crippen LogP contribution in [-0.2, 0) is 20.1 Å². The zero-order chi connectivity index (χ0) is 15.6. The van der Waals surface area contributed by atoms with Crippen LogP contribution in [0.25, 0.3) is 0 Å². The maximum atomic E-state index is 10.8. The predicted molar refractivity (Wildman–Crippen MR) is 80.3 cm³/mol. The van der Waals surface area contributed by atoms with Crippen LogP contribution in [0.4, 0.5) is 0 Å². The molecule has 5 nitrogen and oxygen atoms in total. The SMILES string of the molecule is CCc1nn(C)c(COc2ccc(C(=O)O)cc2Cl)c1Cl. The first kappa shape index (κ1) is 15.7. The van der Waals surface area contributed by atoms with Gasteiger partial charge in [-0.05, 0) is 24.6 Å². The Morgan fingerprint density at radius 2 is 2.14 bits per heavy atom. The van der Waals surface area contributed by atoms with E-state index in [1.807, 2.05) is 6.92 Å². The molecule has 0 aliphatic rings. The molecule has 1 heterocycles. The highest BCUT2D eigenvalue weighted by Gasteiger charge is 2.14. The van der Waals surface area contributed by atoms with Crippen molar-refractivity contribution in [2.45, 2.75) is 20.0 Å².